The van der Waals surface area contributed by atoms with E-state index in [4.69, 9.17) is 4.52 Å². The highest BCUT2D eigenvalue weighted by molar-refractivity contribution is 14.0. The SMILES string of the molecule is CCNC(=NCc1noc(C(C)(C)C)n1)NC(C)Cc1ccc(C)s1.I. The summed E-state index contributed by atoms with van der Waals surface area (Å²) < 4.78 is 5.31. The third kappa shape index (κ3) is 7.22. The molecule has 0 saturated carbocycles. The second kappa shape index (κ2) is 10.2. The van der Waals surface area contributed by atoms with E-state index in [0.717, 1.165) is 18.9 Å². The van der Waals surface area contributed by atoms with Crippen molar-refractivity contribution in [3.63, 3.8) is 0 Å². The fraction of sp³-hybridized carbons (Fsp3) is 0.611. The van der Waals surface area contributed by atoms with Gasteiger partial charge in [0, 0.05) is 34.2 Å². The fourth-order valence-electron chi connectivity index (χ4n) is 2.27. The topological polar surface area (TPSA) is 75.3 Å². The Kier molecular flexibility index (Phi) is 9.02. The Bertz CT molecular complexity index is 705. The lowest BCUT2D eigenvalue weighted by atomic mass is 9.97. The summed E-state index contributed by atoms with van der Waals surface area (Å²) in [6.07, 6.45) is 0.972. The van der Waals surface area contributed by atoms with Gasteiger partial charge in [0.25, 0.3) is 0 Å². The standard InChI is InChI=1S/C18H29N5OS.HI/c1-7-19-17(21-12(2)10-14-9-8-13(3)25-14)20-11-15-22-16(24-23-15)18(4,5)6;/h8-9,12H,7,10-11H2,1-6H3,(H2,19,20,21);1H. The van der Waals surface area contributed by atoms with Gasteiger partial charge < -0.3 is 15.2 Å². The van der Waals surface area contributed by atoms with Crippen molar-refractivity contribution >= 4 is 41.3 Å². The van der Waals surface area contributed by atoms with Crippen molar-refractivity contribution in [2.24, 2.45) is 4.99 Å². The Balaban J connectivity index is 0.00000338. The zero-order valence-corrected chi connectivity index (χ0v) is 19.6. The lowest BCUT2D eigenvalue weighted by molar-refractivity contribution is 0.318. The van der Waals surface area contributed by atoms with Gasteiger partial charge in [0.1, 0.15) is 6.54 Å². The van der Waals surface area contributed by atoms with E-state index in [1.807, 2.05) is 32.1 Å². The van der Waals surface area contributed by atoms with Crippen molar-refractivity contribution in [1.82, 2.24) is 20.8 Å². The molecule has 0 aliphatic rings. The number of thiophene rings is 1. The molecule has 0 spiro atoms. The first-order valence-corrected chi connectivity index (χ1v) is 9.52. The highest BCUT2D eigenvalue weighted by Crippen LogP contribution is 2.19. The maximum absolute atomic E-state index is 5.31. The Morgan fingerprint density at radius 1 is 1.35 bits per heavy atom. The molecule has 0 aromatic carbocycles. The van der Waals surface area contributed by atoms with Crippen LogP contribution in [0.4, 0.5) is 0 Å². The van der Waals surface area contributed by atoms with Crippen molar-refractivity contribution in [3.8, 4) is 0 Å². The van der Waals surface area contributed by atoms with Gasteiger partial charge in [-0.05, 0) is 32.9 Å². The van der Waals surface area contributed by atoms with E-state index in [1.54, 1.807) is 0 Å². The molecule has 1 atom stereocenters. The zero-order valence-electron chi connectivity index (χ0n) is 16.4. The highest BCUT2D eigenvalue weighted by Gasteiger charge is 2.21. The van der Waals surface area contributed by atoms with E-state index in [-0.39, 0.29) is 35.4 Å². The Labute approximate surface area is 177 Å². The first kappa shape index (κ1) is 22.9. The van der Waals surface area contributed by atoms with E-state index in [9.17, 15) is 0 Å². The maximum Gasteiger partial charge on any atom is 0.232 e. The summed E-state index contributed by atoms with van der Waals surface area (Å²) in [5.41, 5.74) is -0.148. The molecule has 2 aromatic rings. The van der Waals surface area contributed by atoms with Gasteiger partial charge in [-0.15, -0.1) is 35.3 Å². The molecule has 0 saturated heterocycles. The van der Waals surface area contributed by atoms with Crippen LogP contribution in [0.15, 0.2) is 21.6 Å². The van der Waals surface area contributed by atoms with Gasteiger partial charge >= 0.3 is 0 Å². The van der Waals surface area contributed by atoms with Gasteiger partial charge in [0.2, 0.25) is 5.89 Å². The van der Waals surface area contributed by atoms with E-state index in [2.05, 4.69) is 58.7 Å². The second-order valence-electron chi connectivity index (χ2n) is 7.22. The number of guanidine groups is 1. The Hall–Kier alpha value is -1.16. The molecule has 146 valence electrons. The number of nitrogens with zero attached hydrogens (tertiary/aromatic N) is 3. The van der Waals surface area contributed by atoms with E-state index in [1.165, 1.54) is 9.75 Å². The van der Waals surface area contributed by atoms with E-state index < -0.39 is 0 Å². The van der Waals surface area contributed by atoms with Gasteiger partial charge in [0.05, 0.1) is 0 Å². The first-order chi connectivity index (χ1) is 11.8. The molecule has 8 heteroatoms. The lowest BCUT2D eigenvalue weighted by Gasteiger charge is -2.17. The van der Waals surface area contributed by atoms with Crippen LogP contribution in [0.3, 0.4) is 0 Å². The molecule has 0 aliphatic heterocycles. The number of halogens is 1. The summed E-state index contributed by atoms with van der Waals surface area (Å²) in [6, 6.07) is 4.64. The molecule has 0 aliphatic carbocycles. The first-order valence-electron chi connectivity index (χ1n) is 8.71. The van der Waals surface area contributed by atoms with Gasteiger partial charge in [-0.3, -0.25) is 0 Å². The fourth-order valence-corrected chi connectivity index (χ4v) is 3.29. The van der Waals surface area contributed by atoms with Gasteiger partial charge in [-0.25, -0.2) is 4.99 Å². The van der Waals surface area contributed by atoms with E-state index >= 15 is 0 Å². The maximum atomic E-state index is 5.31. The molecule has 6 nitrogen and oxygen atoms in total. The summed E-state index contributed by atoms with van der Waals surface area (Å²) >= 11 is 1.84. The molecule has 0 fully saturated rings. The molecule has 0 amide bonds. The smallest absolute Gasteiger partial charge is 0.232 e. The second-order valence-corrected chi connectivity index (χ2v) is 8.60. The van der Waals surface area contributed by atoms with Crippen molar-refractivity contribution in [1.29, 1.82) is 0 Å². The molecule has 2 heterocycles. The Morgan fingerprint density at radius 2 is 2.08 bits per heavy atom. The summed E-state index contributed by atoms with van der Waals surface area (Å²) in [4.78, 5) is 11.7. The molecule has 2 rings (SSSR count). The number of aryl methyl sites for hydroxylation is 1. The van der Waals surface area contributed by atoms with Crippen molar-refractivity contribution in [2.45, 2.75) is 66.0 Å². The minimum atomic E-state index is -0.148. The molecule has 26 heavy (non-hydrogen) atoms. The third-order valence-electron chi connectivity index (χ3n) is 3.52. The van der Waals surface area contributed by atoms with E-state index in [0.29, 0.717) is 18.3 Å². The van der Waals surface area contributed by atoms with Crippen molar-refractivity contribution in [2.75, 3.05) is 6.54 Å². The predicted molar refractivity (Wildman–Crippen MR) is 119 cm³/mol. The van der Waals surface area contributed by atoms with Gasteiger partial charge in [-0.2, -0.15) is 4.98 Å². The van der Waals surface area contributed by atoms with Crippen LogP contribution >= 0.6 is 35.3 Å². The highest BCUT2D eigenvalue weighted by atomic mass is 127. The van der Waals surface area contributed by atoms with Gasteiger partial charge in [-0.1, -0.05) is 25.9 Å². The number of nitrogens with one attached hydrogen (secondary N) is 2. The number of aromatic nitrogens is 2. The zero-order chi connectivity index (χ0) is 18.4. The van der Waals surface area contributed by atoms with Crippen molar-refractivity contribution < 1.29 is 4.52 Å². The van der Waals surface area contributed by atoms with Gasteiger partial charge in [0.15, 0.2) is 11.8 Å². The normalized spacial score (nSPS) is 13.2. The molecule has 2 aromatic heterocycles. The monoisotopic (exact) mass is 491 g/mol. The summed E-state index contributed by atoms with van der Waals surface area (Å²) in [5, 5.41) is 10.7. The summed E-state index contributed by atoms with van der Waals surface area (Å²) in [6.45, 7) is 13.7. The number of hydrogen-bond donors (Lipinski definition) is 2. The number of rotatable bonds is 6. The number of hydrogen-bond acceptors (Lipinski definition) is 5. The predicted octanol–water partition coefficient (Wildman–Crippen LogP) is 4.04. The average Bonchev–Trinajstić information content (AvgIpc) is 3.13. The average molecular weight is 491 g/mol. The quantitative estimate of drug-likeness (QED) is 0.363. The minimum Gasteiger partial charge on any atom is -0.357 e. The summed E-state index contributed by atoms with van der Waals surface area (Å²) in [5.74, 6) is 2.01. The van der Waals surface area contributed by atoms with Crippen LogP contribution in [0.5, 0.6) is 0 Å². The molecule has 1 unspecified atom stereocenters. The molecule has 0 bridgehead atoms. The summed E-state index contributed by atoms with van der Waals surface area (Å²) in [7, 11) is 0. The number of aliphatic imine (C=N–C) groups is 1. The van der Waals surface area contributed by atoms with Crippen LogP contribution in [-0.4, -0.2) is 28.7 Å². The van der Waals surface area contributed by atoms with Crippen molar-refractivity contribution in [3.05, 3.63) is 33.6 Å². The van der Waals surface area contributed by atoms with Crippen LogP contribution in [0, 0.1) is 6.92 Å². The molecule has 2 N–H and O–H groups in total. The van der Waals surface area contributed by atoms with Crippen LogP contribution < -0.4 is 10.6 Å². The largest absolute Gasteiger partial charge is 0.357 e. The lowest BCUT2D eigenvalue weighted by Crippen LogP contribution is -2.43. The molecular weight excluding hydrogens is 461 g/mol. The van der Waals surface area contributed by atoms with Crippen LogP contribution in [0.2, 0.25) is 0 Å². The molecular formula is C18H30IN5OS. The van der Waals surface area contributed by atoms with Crippen LogP contribution in [0.25, 0.3) is 0 Å². The Morgan fingerprint density at radius 3 is 2.62 bits per heavy atom. The molecule has 0 radical (unpaired) electrons. The van der Waals surface area contributed by atoms with Crippen LogP contribution in [-0.2, 0) is 18.4 Å². The minimum absolute atomic E-state index is 0. The van der Waals surface area contributed by atoms with Crippen LogP contribution in [0.1, 0.15) is 56.1 Å². The third-order valence-corrected chi connectivity index (χ3v) is 4.54.